The van der Waals surface area contributed by atoms with Gasteiger partial charge >= 0.3 is 0 Å². The van der Waals surface area contributed by atoms with Crippen LogP contribution in [-0.2, 0) is 16.0 Å². The smallest absolute Gasteiger partial charge is 0.248 e. The molecule has 0 amide bonds. The summed E-state index contributed by atoms with van der Waals surface area (Å²) in [5.74, 6) is 1.50. The van der Waals surface area contributed by atoms with Gasteiger partial charge in [-0.25, -0.2) is 4.98 Å². The monoisotopic (exact) mass is 538 g/mol. The highest BCUT2D eigenvalue weighted by Gasteiger charge is 2.27. The van der Waals surface area contributed by atoms with E-state index in [0.717, 1.165) is 40.5 Å². The van der Waals surface area contributed by atoms with Crippen molar-refractivity contribution >= 4 is 39.3 Å². The lowest BCUT2D eigenvalue weighted by molar-refractivity contribution is 0.0731. The Morgan fingerprint density at radius 1 is 1.30 bits per heavy atom. The maximum Gasteiger partial charge on any atom is 0.248 e. The van der Waals surface area contributed by atoms with Crippen LogP contribution in [0.15, 0.2) is 54.9 Å². The van der Waals surface area contributed by atoms with E-state index in [1.165, 1.54) is 17.1 Å². The standard InChI is InChI=1S/C20H23IN6O2S/c1-20(9-16-12-28-14-29-16,24-10-15-5-3-2-4-6-15)7-8-22-19-25-18(26-30-19)27-11-17(21)23-13-27/h2-6,11-13,24H,7-10,14H2,1H3,(H,22,25,26). The van der Waals surface area contributed by atoms with E-state index in [4.69, 9.17) is 9.47 Å². The summed E-state index contributed by atoms with van der Waals surface area (Å²) in [7, 11) is 0. The van der Waals surface area contributed by atoms with Gasteiger partial charge in [0.1, 0.15) is 22.0 Å². The highest BCUT2D eigenvalue weighted by molar-refractivity contribution is 14.1. The molecule has 3 heterocycles. The predicted molar refractivity (Wildman–Crippen MR) is 124 cm³/mol. The van der Waals surface area contributed by atoms with Crippen molar-refractivity contribution in [2.45, 2.75) is 31.8 Å². The second-order valence-electron chi connectivity index (χ2n) is 7.27. The fourth-order valence-electron chi connectivity index (χ4n) is 3.14. The van der Waals surface area contributed by atoms with Crippen LogP contribution in [-0.4, -0.2) is 37.8 Å². The largest absolute Gasteiger partial charge is 0.462 e. The van der Waals surface area contributed by atoms with E-state index in [0.29, 0.717) is 12.7 Å². The number of benzene rings is 1. The first kappa shape index (κ1) is 21.1. The molecule has 0 radical (unpaired) electrons. The Morgan fingerprint density at radius 2 is 2.17 bits per heavy atom. The molecule has 0 bridgehead atoms. The number of nitrogens with one attached hydrogen (secondary N) is 2. The topological polar surface area (TPSA) is 86.1 Å². The quantitative estimate of drug-likeness (QED) is 0.379. The van der Waals surface area contributed by atoms with Gasteiger partial charge in [0.05, 0.1) is 0 Å². The third-order valence-corrected chi connectivity index (χ3v) is 6.02. The molecule has 0 aliphatic carbocycles. The lowest BCUT2D eigenvalue weighted by atomic mass is 9.92. The lowest BCUT2D eigenvalue weighted by Gasteiger charge is -2.31. The van der Waals surface area contributed by atoms with Gasteiger partial charge in [0.25, 0.3) is 0 Å². The Kier molecular flexibility index (Phi) is 6.85. The zero-order chi connectivity index (χ0) is 20.8. The Balaban J connectivity index is 1.35. The van der Waals surface area contributed by atoms with Crippen LogP contribution in [0.25, 0.3) is 5.95 Å². The van der Waals surface area contributed by atoms with Crippen molar-refractivity contribution in [3.05, 3.63) is 64.1 Å². The van der Waals surface area contributed by atoms with E-state index in [9.17, 15) is 0 Å². The first-order valence-corrected chi connectivity index (χ1v) is 11.4. The second kappa shape index (κ2) is 9.75. The molecular formula is C20H23IN6O2S. The normalized spacial score (nSPS) is 15.2. The molecular weight excluding hydrogens is 515 g/mol. The van der Waals surface area contributed by atoms with Gasteiger partial charge < -0.3 is 20.1 Å². The zero-order valence-corrected chi connectivity index (χ0v) is 19.5. The van der Waals surface area contributed by atoms with Crippen LogP contribution in [0.4, 0.5) is 5.13 Å². The second-order valence-corrected chi connectivity index (χ2v) is 9.13. The van der Waals surface area contributed by atoms with Crippen molar-refractivity contribution < 1.29 is 9.47 Å². The van der Waals surface area contributed by atoms with Gasteiger partial charge in [-0.15, -0.1) is 0 Å². The van der Waals surface area contributed by atoms with Gasteiger partial charge in [-0.3, -0.25) is 4.57 Å². The third kappa shape index (κ3) is 5.70. The summed E-state index contributed by atoms with van der Waals surface area (Å²) in [5, 5.41) is 7.89. The van der Waals surface area contributed by atoms with Crippen molar-refractivity contribution in [2.75, 3.05) is 18.7 Å². The fraction of sp³-hybridized carbons (Fsp3) is 0.350. The average Bonchev–Trinajstić information content (AvgIpc) is 3.50. The average molecular weight is 538 g/mol. The van der Waals surface area contributed by atoms with Gasteiger partial charge in [-0.2, -0.15) is 9.36 Å². The molecule has 30 heavy (non-hydrogen) atoms. The molecule has 4 rings (SSSR count). The molecule has 2 aromatic heterocycles. The Hall–Kier alpha value is -2.18. The van der Waals surface area contributed by atoms with E-state index >= 15 is 0 Å². The predicted octanol–water partition coefficient (Wildman–Crippen LogP) is 3.91. The molecule has 1 atom stereocenters. The molecule has 10 heteroatoms. The number of hydrogen-bond donors (Lipinski definition) is 2. The Labute approximate surface area is 193 Å². The van der Waals surface area contributed by atoms with Gasteiger partial charge in [-0.1, -0.05) is 30.3 Å². The minimum atomic E-state index is -0.170. The molecule has 158 valence electrons. The summed E-state index contributed by atoms with van der Waals surface area (Å²) in [6, 6.07) is 10.4. The maximum absolute atomic E-state index is 5.57. The number of anilines is 1. The van der Waals surface area contributed by atoms with Crippen molar-refractivity contribution in [3.63, 3.8) is 0 Å². The number of ether oxygens (including phenoxy) is 2. The number of halogens is 1. The number of hydrogen-bond acceptors (Lipinski definition) is 8. The van der Waals surface area contributed by atoms with Crippen LogP contribution in [0, 0.1) is 3.70 Å². The lowest BCUT2D eigenvalue weighted by Crippen LogP contribution is -2.43. The number of imidazole rings is 1. The van der Waals surface area contributed by atoms with Crippen molar-refractivity contribution in [1.29, 1.82) is 0 Å². The Bertz CT molecular complexity index is 992. The van der Waals surface area contributed by atoms with E-state index in [2.05, 4.69) is 78.8 Å². The summed E-state index contributed by atoms with van der Waals surface area (Å²) >= 11 is 3.51. The third-order valence-electron chi connectivity index (χ3n) is 4.80. The molecule has 0 fully saturated rings. The van der Waals surface area contributed by atoms with Crippen LogP contribution in [0.2, 0.25) is 0 Å². The first-order chi connectivity index (χ1) is 14.6. The molecule has 0 spiro atoms. The van der Waals surface area contributed by atoms with Gasteiger partial charge in [-0.05, 0) is 41.5 Å². The molecule has 0 saturated heterocycles. The molecule has 2 N–H and O–H groups in total. The number of nitrogens with zero attached hydrogens (tertiary/aromatic N) is 4. The fourth-order valence-corrected chi connectivity index (χ4v) is 4.16. The minimum absolute atomic E-state index is 0.170. The first-order valence-electron chi connectivity index (χ1n) is 9.59. The summed E-state index contributed by atoms with van der Waals surface area (Å²) < 4.78 is 17.9. The summed E-state index contributed by atoms with van der Waals surface area (Å²) in [6.07, 6.45) is 6.94. The van der Waals surface area contributed by atoms with E-state index in [1.807, 2.05) is 16.8 Å². The zero-order valence-electron chi connectivity index (χ0n) is 16.5. The van der Waals surface area contributed by atoms with Crippen LogP contribution in [0.5, 0.6) is 0 Å². The molecule has 1 aliphatic rings. The van der Waals surface area contributed by atoms with Crippen LogP contribution >= 0.6 is 34.1 Å². The van der Waals surface area contributed by atoms with E-state index < -0.39 is 0 Å². The Morgan fingerprint density at radius 3 is 2.90 bits per heavy atom. The van der Waals surface area contributed by atoms with E-state index in [1.54, 1.807) is 12.6 Å². The van der Waals surface area contributed by atoms with Gasteiger partial charge in [0.15, 0.2) is 0 Å². The molecule has 1 aliphatic heterocycles. The summed E-state index contributed by atoms with van der Waals surface area (Å²) in [5.41, 5.74) is 1.08. The maximum atomic E-state index is 5.57. The van der Waals surface area contributed by atoms with E-state index in [-0.39, 0.29) is 5.54 Å². The molecule has 1 aromatic carbocycles. The van der Waals surface area contributed by atoms with Crippen molar-refractivity contribution in [1.82, 2.24) is 24.2 Å². The highest BCUT2D eigenvalue weighted by Crippen LogP contribution is 2.25. The van der Waals surface area contributed by atoms with Gasteiger partial charge in [0, 0.05) is 42.8 Å². The summed E-state index contributed by atoms with van der Waals surface area (Å²) in [6.45, 7) is 4.04. The van der Waals surface area contributed by atoms with Gasteiger partial charge in [0.2, 0.25) is 17.9 Å². The SMILES string of the molecule is CC(CCNc1nc(-n2cnc(I)c2)ns1)(CC1=COCO1)NCc1ccccc1. The van der Waals surface area contributed by atoms with Crippen LogP contribution in [0.3, 0.4) is 0 Å². The number of rotatable bonds is 10. The van der Waals surface area contributed by atoms with Crippen LogP contribution in [0.1, 0.15) is 25.3 Å². The molecule has 8 nitrogen and oxygen atoms in total. The van der Waals surface area contributed by atoms with Crippen LogP contribution < -0.4 is 10.6 Å². The summed E-state index contributed by atoms with van der Waals surface area (Å²) in [4.78, 5) is 8.76. The molecule has 3 aromatic rings. The minimum Gasteiger partial charge on any atom is -0.462 e. The molecule has 1 unspecified atom stereocenters. The molecule has 0 saturated carbocycles. The number of aromatic nitrogens is 4. The highest BCUT2D eigenvalue weighted by atomic mass is 127. The van der Waals surface area contributed by atoms with Crippen molar-refractivity contribution in [3.8, 4) is 5.95 Å². The van der Waals surface area contributed by atoms with Crippen molar-refractivity contribution in [2.24, 2.45) is 0 Å².